The standard InChI is InChI=1S/C14H25NO4/c1-10(2)14(3,13(18)19)8-12(17)15-6-4-11(9-15)5-7-16/h10-11,16H,4-9H2,1-3H3,(H,18,19). The van der Waals surface area contributed by atoms with Crippen LogP contribution >= 0.6 is 0 Å². The fraction of sp³-hybridized carbons (Fsp3) is 0.857. The fourth-order valence-electron chi connectivity index (χ4n) is 2.43. The Balaban J connectivity index is 2.62. The summed E-state index contributed by atoms with van der Waals surface area (Å²) in [6.45, 7) is 6.77. The van der Waals surface area contributed by atoms with Crippen LogP contribution in [0, 0.1) is 17.3 Å². The zero-order chi connectivity index (χ0) is 14.6. The summed E-state index contributed by atoms with van der Waals surface area (Å²) in [6, 6.07) is 0. The van der Waals surface area contributed by atoms with Gasteiger partial charge in [0.2, 0.25) is 5.91 Å². The van der Waals surface area contributed by atoms with Crippen LogP contribution in [0.2, 0.25) is 0 Å². The first kappa shape index (κ1) is 16.0. The third-order valence-electron chi connectivity index (χ3n) is 4.46. The van der Waals surface area contributed by atoms with Gasteiger partial charge < -0.3 is 15.1 Å². The van der Waals surface area contributed by atoms with Gasteiger partial charge in [-0.1, -0.05) is 13.8 Å². The van der Waals surface area contributed by atoms with E-state index in [0.717, 1.165) is 6.42 Å². The molecule has 2 N–H and O–H groups in total. The first-order chi connectivity index (χ1) is 8.81. The van der Waals surface area contributed by atoms with Crippen LogP contribution in [0.3, 0.4) is 0 Å². The maximum absolute atomic E-state index is 12.2. The average Bonchev–Trinajstić information content (AvgIpc) is 2.77. The average molecular weight is 271 g/mol. The number of carboxylic acid groups (broad SMARTS) is 1. The Morgan fingerprint density at radius 3 is 2.53 bits per heavy atom. The van der Waals surface area contributed by atoms with Gasteiger partial charge in [0.25, 0.3) is 0 Å². The molecule has 0 bridgehead atoms. The van der Waals surface area contributed by atoms with Crippen molar-refractivity contribution in [3.05, 3.63) is 0 Å². The fourth-order valence-corrected chi connectivity index (χ4v) is 2.43. The molecule has 1 aliphatic rings. The van der Waals surface area contributed by atoms with E-state index < -0.39 is 11.4 Å². The van der Waals surface area contributed by atoms with Gasteiger partial charge in [-0.15, -0.1) is 0 Å². The molecule has 0 spiro atoms. The normalized spacial score (nSPS) is 22.6. The van der Waals surface area contributed by atoms with Crippen molar-refractivity contribution >= 4 is 11.9 Å². The number of carbonyl (C=O) groups excluding carboxylic acids is 1. The molecule has 2 atom stereocenters. The predicted molar refractivity (Wildman–Crippen MR) is 71.6 cm³/mol. The molecule has 2 unspecified atom stereocenters. The number of rotatable bonds is 6. The lowest BCUT2D eigenvalue weighted by Crippen LogP contribution is -2.40. The topological polar surface area (TPSA) is 77.8 Å². The summed E-state index contributed by atoms with van der Waals surface area (Å²) < 4.78 is 0. The summed E-state index contributed by atoms with van der Waals surface area (Å²) in [4.78, 5) is 25.3. The zero-order valence-corrected chi connectivity index (χ0v) is 12.1. The van der Waals surface area contributed by atoms with Crippen LogP contribution in [0.5, 0.6) is 0 Å². The molecule has 0 aromatic carbocycles. The second kappa shape index (κ2) is 6.37. The lowest BCUT2D eigenvalue weighted by atomic mass is 9.76. The number of hydrogen-bond donors (Lipinski definition) is 2. The Kier molecular flexibility index (Phi) is 5.35. The van der Waals surface area contributed by atoms with E-state index >= 15 is 0 Å². The third-order valence-corrected chi connectivity index (χ3v) is 4.46. The van der Waals surface area contributed by atoms with Crippen LogP contribution in [0.4, 0.5) is 0 Å². The van der Waals surface area contributed by atoms with Crippen molar-refractivity contribution in [2.24, 2.45) is 17.3 Å². The highest BCUT2D eigenvalue weighted by Gasteiger charge is 2.40. The summed E-state index contributed by atoms with van der Waals surface area (Å²) in [5, 5.41) is 18.2. The quantitative estimate of drug-likeness (QED) is 0.764. The van der Waals surface area contributed by atoms with Gasteiger partial charge in [-0.05, 0) is 31.6 Å². The van der Waals surface area contributed by atoms with E-state index in [-0.39, 0.29) is 24.9 Å². The minimum atomic E-state index is -1.01. The maximum Gasteiger partial charge on any atom is 0.310 e. The van der Waals surface area contributed by atoms with Crippen molar-refractivity contribution in [3.8, 4) is 0 Å². The summed E-state index contributed by atoms with van der Waals surface area (Å²) in [5.74, 6) is -0.741. The molecular weight excluding hydrogens is 246 g/mol. The van der Waals surface area contributed by atoms with E-state index in [0.29, 0.717) is 25.4 Å². The predicted octanol–water partition coefficient (Wildman–Crippen LogP) is 1.35. The molecular formula is C14H25NO4. The van der Waals surface area contributed by atoms with E-state index in [4.69, 9.17) is 5.11 Å². The number of carboxylic acids is 1. The Hall–Kier alpha value is -1.10. The minimum absolute atomic E-state index is 0.0475. The number of amides is 1. The minimum Gasteiger partial charge on any atom is -0.481 e. The van der Waals surface area contributed by atoms with E-state index in [9.17, 15) is 14.7 Å². The largest absolute Gasteiger partial charge is 0.481 e. The van der Waals surface area contributed by atoms with Crippen LogP contribution in [0.15, 0.2) is 0 Å². The molecule has 1 aliphatic heterocycles. The van der Waals surface area contributed by atoms with Crippen molar-refractivity contribution in [2.45, 2.75) is 40.0 Å². The maximum atomic E-state index is 12.2. The second-order valence-corrected chi connectivity index (χ2v) is 6.06. The van der Waals surface area contributed by atoms with Gasteiger partial charge in [0.15, 0.2) is 0 Å². The Morgan fingerprint density at radius 2 is 2.05 bits per heavy atom. The molecule has 0 radical (unpaired) electrons. The number of likely N-dealkylation sites (tertiary alicyclic amines) is 1. The zero-order valence-electron chi connectivity index (χ0n) is 12.1. The van der Waals surface area contributed by atoms with Gasteiger partial charge in [0.05, 0.1) is 5.41 Å². The monoisotopic (exact) mass is 271 g/mol. The summed E-state index contributed by atoms with van der Waals surface area (Å²) in [6.07, 6.45) is 1.66. The van der Waals surface area contributed by atoms with Gasteiger partial charge in [0, 0.05) is 26.1 Å². The van der Waals surface area contributed by atoms with Crippen LogP contribution in [0.1, 0.15) is 40.0 Å². The molecule has 1 heterocycles. The van der Waals surface area contributed by atoms with Gasteiger partial charge in [0.1, 0.15) is 0 Å². The first-order valence-corrected chi connectivity index (χ1v) is 6.93. The van der Waals surface area contributed by atoms with Crippen molar-refractivity contribution in [2.75, 3.05) is 19.7 Å². The van der Waals surface area contributed by atoms with Crippen molar-refractivity contribution in [3.63, 3.8) is 0 Å². The van der Waals surface area contributed by atoms with Crippen LogP contribution in [-0.4, -0.2) is 46.7 Å². The van der Waals surface area contributed by atoms with E-state index in [1.54, 1.807) is 11.8 Å². The molecule has 110 valence electrons. The van der Waals surface area contributed by atoms with E-state index in [1.807, 2.05) is 13.8 Å². The molecule has 0 aromatic rings. The molecule has 0 aliphatic carbocycles. The van der Waals surface area contributed by atoms with Gasteiger partial charge in [-0.25, -0.2) is 0 Å². The SMILES string of the molecule is CC(C)C(C)(CC(=O)N1CCC(CCO)C1)C(=O)O. The smallest absolute Gasteiger partial charge is 0.310 e. The van der Waals surface area contributed by atoms with Crippen LogP contribution in [-0.2, 0) is 9.59 Å². The molecule has 1 rings (SSSR count). The third kappa shape index (κ3) is 3.69. The molecule has 1 saturated heterocycles. The van der Waals surface area contributed by atoms with Crippen molar-refractivity contribution < 1.29 is 19.8 Å². The molecule has 19 heavy (non-hydrogen) atoms. The Morgan fingerprint density at radius 1 is 1.42 bits per heavy atom. The number of nitrogens with zero attached hydrogens (tertiary/aromatic N) is 1. The number of aliphatic hydroxyl groups excluding tert-OH is 1. The highest BCUT2D eigenvalue weighted by molar-refractivity contribution is 5.85. The summed E-state index contributed by atoms with van der Waals surface area (Å²) in [5.41, 5.74) is -1.01. The second-order valence-electron chi connectivity index (χ2n) is 6.06. The summed E-state index contributed by atoms with van der Waals surface area (Å²) in [7, 11) is 0. The van der Waals surface area contributed by atoms with E-state index in [2.05, 4.69) is 0 Å². The molecule has 1 fully saturated rings. The molecule has 0 aromatic heterocycles. The molecule has 5 nitrogen and oxygen atoms in total. The molecule has 0 saturated carbocycles. The number of hydrogen-bond acceptors (Lipinski definition) is 3. The Labute approximate surface area is 114 Å². The molecule has 1 amide bonds. The van der Waals surface area contributed by atoms with Gasteiger partial charge in [-0.2, -0.15) is 0 Å². The lowest BCUT2D eigenvalue weighted by molar-refractivity contribution is -0.155. The summed E-state index contributed by atoms with van der Waals surface area (Å²) >= 11 is 0. The van der Waals surface area contributed by atoms with E-state index in [1.165, 1.54) is 0 Å². The van der Waals surface area contributed by atoms with Crippen LogP contribution in [0.25, 0.3) is 0 Å². The molecule has 5 heteroatoms. The first-order valence-electron chi connectivity index (χ1n) is 6.93. The number of carbonyl (C=O) groups is 2. The van der Waals surface area contributed by atoms with Crippen molar-refractivity contribution in [1.82, 2.24) is 4.90 Å². The van der Waals surface area contributed by atoms with Crippen LogP contribution < -0.4 is 0 Å². The highest BCUT2D eigenvalue weighted by Crippen LogP contribution is 2.33. The highest BCUT2D eigenvalue weighted by atomic mass is 16.4. The van der Waals surface area contributed by atoms with Gasteiger partial charge >= 0.3 is 5.97 Å². The van der Waals surface area contributed by atoms with Crippen molar-refractivity contribution in [1.29, 1.82) is 0 Å². The van der Waals surface area contributed by atoms with Gasteiger partial charge in [-0.3, -0.25) is 9.59 Å². The number of aliphatic carboxylic acids is 1. The Bertz CT molecular complexity index is 342. The number of aliphatic hydroxyl groups is 1. The lowest BCUT2D eigenvalue weighted by Gasteiger charge is -2.30.